The van der Waals surface area contributed by atoms with Gasteiger partial charge in [-0.2, -0.15) is 0 Å². The van der Waals surface area contributed by atoms with Gasteiger partial charge in [0.05, 0.1) is 11.9 Å². The number of piperazine rings is 1. The van der Waals surface area contributed by atoms with Crippen molar-refractivity contribution in [1.29, 1.82) is 0 Å². The summed E-state index contributed by atoms with van der Waals surface area (Å²) >= 11 is 0. The lowest BCUT2D eigenvalue weighted by Crippen LogP contribution is -2.43. The van der Waals surface area contributed by atoms with E-state index >= 15 is 0 Å². The Balaban J connectivity index is 1.36. The minimum Gasteiger partial charge on any atom is -0.309 e. The number of anilines is 2. The number of fused-ring (bicyclic) bond motifs is 1. The highest BCUT2D eigenvalue weighted by Gasteiger charge is 2.36. The van der Waals surface area contributed by atoms with Crippen molar-refractivity contribution in [1.82, 2.24) is 24.8 Å². The molecule has 0 radical (unpaired) electrons. The summed E-state index contributed by atoms with van der Waals surface area (Å²) in [6.07, 6.45) is 4.02. The second kappa shape index (κ2) is 9.67. The van der Waals surface area contributed by atoms with Crippen LogP contribution >= 0.6 is 0 Å². The predicted molar refractivity (Wildman–Crippen MR) is 143 cm³/mol. The molecule has 1 unspecified atom stereocenters. The summed E-state index contributed by atoms with van der Waals surface area (Å²) in [5.41, 5.74) is 6.24. The number of pyridine rings is 1. The number of aromatic nitrogens is 3. The van der Waals surface area contributed by atoms with Crippen LogP contribution in [0.1, 0.15) is 43.9 Å². The Morgan fingerprint density at radius 1 is 1.06 bits per heavy atom. The quantitative estimate of drug-likeness (QED) is 0.512. The van der Waals surface area contributed by atoms with Crippen molar-refractivity contribution in [3.63, 3.8) is 0 Å². The standard InChI is InChI=1S/C28H34FN7/c1-6-28(4)19(3)32-25-18(2)13-21(14-22(25)28)26-23(29)16-31-27(34-26)33-24-8-7-20(15-30-24)17-36-11-9-35(5)10-12-36/h7-8,13-16H,6,9-12,17H2,1-5H3,(H,30,31,33,34). The molecular weight excluding hydrogens is 453 g/mol. The molecule has 1 atom stereocenters. The highest BCUT2D eigenvalue weighted by molar-refractivity contribution is 6.01. The first-order valence-corrected chi connectivity index (χ1v) is 12.6. The third kappa shape index (κ3) is 4.63. The van der Waals surface area contributed by atoms with Crippen molar-refractivity contribution in [2.75, 3.05) is 38.5 Å². The van der Waals surface area contributed by atoms with Gasteiger partial charge in [0.1, 0.15) is 11.5 Å². The molecule has 0 amide bonds. The van der Waals surface area contributed by atoms with Gasteiger partial charge in [-0.3, -0.25) is 9.89 Å². The summed E-state index contributed by atoms with van der Waals surface area (Å²) in [5, 5.41) is 3.14. The van der Waals surface area contributed by atoms with E-state index in [4.69, 9.17) is 4.99 Å². The molecular formula is C28H34FN7. The fraction of sp³-hybridized carbons (Fsp3) is 0.429. The summed E-state index contributed by atoms with van der Waals surface area (Å²) in [4.78, 5) is 22.8. The number of nitrogens with one attached hydrogen (secondary N) is 1. The third-order valence-electron chi connectivity index (χ3n) is 7.76. The van der Waals surface area contributed by atoms with Crippen LogP contribution in [0.3, 0.4) is 0 Å². The average molecular weight is 488 g/mol. The molecule has 2 aliphatic heterocycles. The van der Waals surface area contributed by atoms with Crippen LogP contribution in [0.15, 0.2) is 41.7 Å². The first-order valence-electron chi connectivity index (χ1n) is 12.6. The average Bonchev–Trinajstić information content (AvgIpc) is 3.14. The first-order chi connectivity index (χ1) is 17.3. The van der Waals surface area contributed by atoms with Gasteiger partial charge in [-0.25, -0.2) is 19.3 Å². The number of likely N-dealkylation sites (N-methyl/N-ethyl adjacent to an activating group) is 1. The van der Waals surface area contributed by atoms with E-state index in [1.807, 2.05) is 31.3 Å². The number of aliphatic imine (C=N–C) groups is 1. The number of rotatable bonds is 6. The fourth-order valence-electron chi connectivity index (χ4n) is 5.02. The maximum Gasteiger partial charge on any atom is 0.229 e. The molecule has 1 fully saturated rings. The lowest BCUT2D eigenvalue weighted by molar-refractivity contribution is 0.148. The van der Waals surface area contributed by atoms with Crippen molar-refractivity contribution in [2.45, 2.75) is 46.1 Å². The molecule has 0 saturated carbocycles. The van der Waals surface area contributed by atoms with Crippen LogP contribution in [0.4, 0.5) is 21.8 Å². The zero-order valence-electron chi connectivity index (χ0n) is 21.8. The Labute approximate surface area is 212 Å². The van der Waals surface area contributed by atoms with E-state index in [-0.39, 0.29) is 11.1 Å². The van der Waals surface area contributed by atoms with Gasteiger partial charge < -0.3 is 10.2 Å². The van der Waals surface area contributed by atoms with Crippen molar-refractivity contribution >= 4 is 23.2 Å². The monoisotopic (exact) mass is 487 g/mol. The van der Waals surface area contributed by atoms with E-state index in [2.05, 4.69) is 64.0 Å². The molecule has 188 valence electrons. The zero-order valence-corrected chi connectivity index (χ0v) is 21.8. The van der Waals surface area contributed by atoms with Gasteiger partial charge in [0.25, 0.3) is 0 Å². The smallest absolute Gasteiger partial charge is 0.229 e. The molecule has 1 aromatic carbocycles. The van der Waals surface area contributed by atoms with Gasteiger partial charge in [-0.1, -0.05) is 19.9 Å². The van der Waals surface area contributed by atoms with Gasteiger partial charge in [0, 0.05) is 55.6 Å². The van der Waals surface area contributed by atoms with Gasteiger partial charge in [-0.05, 0) is 62.2 Å². The number of halogens is 1. The van der Waals surface area contributed by atoms with E-state index in [9.17, 15) is 4.39 Å². The second-order valence-electron chi connectivity index (χ2n) is 10.2. The van der Waals surface area contributed by atoms with Crippen LogP contribution in [0, 0.1) is 12.7 Å². The van der Waals surface area contributed by atoms with Crippen molar-refractivity contribution in [2.24, 2.45) is 4.99 Å². The van der Waals surface area contributed by atoms with E-state index < -0.39 is 5.82 Å². The van der Waals surface area contributed by atoms with E-state index in [1.54, 1.807) is 0 Å². The van der Waals surface area contributed by atoms with Crippen LogP contribution in [-0.4, -0.2) is 63.7 Å². The second-order valence-corrected chi connectivity index (χ2v) is 10.2. The fourth-order valence-corrected chi connectivity index (χ4v) is 5.02. The van der Waals surface area contributed by atoms with Crippen LogP contribution in [0.2, 0.25) is 0 Å². The molecule has 4 heterocycles. The number of hydrogen-bond acceptors (Lipinski definition) is 7. The predicted octanol–water partition coefficient (Wildman–Crippen LogP) is 5.25. The Morgan fingerprint density at radius 2 is 1.83 bits per heavy atom. The van der Waals surface area contributed by atoms with Gasteiger partial charge in [-0.15, -0.1) is 0 Å². The molecule has 36 heavy (non-hydrogen) atoms. The van der Waals surface area contributed by atoms with Crippen LogP contribution in [0.25, 0.3) is 11.3 Å². The number of aryl methyl sites for hydroxylation is 1. The molecule has 2 aliphatic rings. The molecule has 7 nitrogen and oxygen atoms in total. The minimum absolute atomic E-state index is 0.156. The lowest BCUT2D eigenvalue weighted by atomic mass is 9.76. The Kier molecular flexibility index (Phi) is 6.57. The Hall–Kier alpha value is -3.23. The Bertz CT molecular complexity index is 1300. The maximum absolute atomic E-state index is 14.9. The lowest BCUT2D eigenvalue weighted by Gasteiger charge is -2.32. The topological polar surface area (TPSA) is 69.5 Å². The minimum atomic E-state index is -0.454. The molecule has 2 aromatic heterocycles. The largest absolute Gasteiger partial charge is 0.309 e. The maximum atomic E-state index is 14.9. The summed E-state index contributed by atoms with van der Waals surface area (Å²) in [7, 11) is 2.16. The summed E-state index contributed by atoms with van der Waals surface area (Å²) < 4.78 is 14.9. The summed E-state index contributed by atoms with van der Waals surface area (Å²) in [6, 6.07) is 7.98. The zero-order chi connectivity index (χ0) is 25.4. The van der Waals surface area contributed by atoms with Crippen molar-refractivity contribution in [3.05, 3.63) is 59.2 Å². The number of benzene rings is 1. The van der Waals surface area contributed by atoms with Crippen LogP contribution in [0.5, 0.6) is 0 Å². The van der Waals surface area contributed by atoms with E-state index in [0.29, 0.717) is 11.8 Å². The number of hydrogen-bond donors (Lipinski definition) is 1. The molecule has 0 spiro atoms. The molecule has 1 saturated heterocycles. The summed E-state index contributed by atoms with van der Waals surface area (Å²) in [5.74, 6) is 0.487. The molecule has 8 heteroatoms. The third-order valence-corrected chi connectivity index (χ3v) is 7.76. The molecule has 0 bridgehead atoms. The van der Waals surface area contributed by atoms with E-state index in [1.165, 1.54) is 6.20 Å². The van der Waals surface area contributed by atoms with Gasteiger partial charge >= 0.3 is 0 Å². The SMILES string of the molecule is CCC1(C)C(C)=Nc2c(C)cc(-c3nc(Nc4ccc(CN5CCN(C)CC5)cn4)ncc3F)cc21. The Morgan fingerprint density at radius 3 is 2.53 bits per heavy atom. The van der Waals surface area contributed by atoms with Gasteiger partial charge in [0.2, 0.25) is 5.95 Å². The highest BCUT2D eigenvalue weighted by Crippen LogP contribution is 2.46. The van der Waals surface area contributed by atoms with Crippen LogP contribution in [-0.2, 0) is 12.0 Å². The van der Waals surface area contributed by atoms with Crippen molar-refractivity contribution in [3.8, 4) is 11.3 Å². The molecule has 3 aromatic rings. The first kappa shape index (κ1) is 24.5. The number of nitrogens with zero attached hydrogens (tertiary/aromatic N) is 6. The van der Waals surface area contributed by atoms with Crippen LogP contribution < -0.4 is 5.32 Å². The normalized spacial score (nSPS) is 20.3. The molecule has 0 aliphatic carbocycles. The van der Waals surface area contributed by atoms with E-state index in [0.717, 1.165) is 72.8 Å². The molecule has 1 N–H and O–H groups in total. The van der Waals surface area contributed by atoms with Gasteiger partial charge in [0.15, 0.2) is 5.82 Å². The summed E-state index contributed by atoms with van der Waals surface area (Å²) in [6.45, 7) is 13.6. The molecule has 5 rings (SSSR count). The van der Waals surface area contributed by atoms with Crippen molar-refractivity contribution < 1.29 is 4.39 Å². The highest BCUT2D eigenvalue weighted by atomic mass is 19.1.